The topological polar surface area (TPSA) is 71.1 Å². The molecule has 0 saturated heterocycles. The van der Waals surface area contributed by atoms with Gasteiger partial charge in [0, 0.05) is 12.1 Å². The number of hydrogen-bond acceptors (Lipinski definition) is 4. The van der Waals surface area contributed by atoms with E-state index in [1.54, 1.807) is 18.0 Å². The van der Waals surface area contributed by atoms with Gasteiger partial charge in [-0.15, -0.1) is 0 Å². The van der Waals surface area contributed by atoms with Gasteiger partial charge >= 0.3 is 5.69 Å². The van der Waals surface area contributed by atoms with E-state index in [9.17, 15) is 9.59 Å². The van der Waals surface area contributed by atoms with Crippen molar-refractivity contribution in [2.75, 3.05) is 7.11 Å². The Hall–Kier alpha value is -2.83. The van der Waals surface area contributed by atoms with Crippen LogP contribution in [0.1, 0.15) is 50.6 Å². The third kappa shape index (κ3) is 2.44. The second-order valence-corrected chi connectivity index (χ2v) is 7.46. The number of nitrogens with zero attached hydrogens (tertiary/aromatic N) is 4. The van der Waals surface area contributed by atoms with Gasteiger partial charge in [-0.3, -0.25) is 9.36 Å². The minimum Gasteiger partial charge on any atom is -0.495 e. The van der Waals surface area contributed by atoms with Crippen LogP contribution in [0.3, 0.4) is 0 Å². The van der Waals surface area contributed by atoms with Gasteiger partial charge in [0.05, 0.1) is 19.1 Å². The van der Waals surface area contributed by atoms with Crippen molar-refractivity contribution in [2.45, 2.75) is 50.6 Å². The highest BCUT2D eigenvalue weighted by Crippen LogP contribution is 2.35. The van der Waals surface area contributed by atoms with Gasteiger partial charge in [0.15, 0.2) is 11.2 Å². The Bertz CT molecular complexity index is 1130. The van der Waals surface area contributed by atoms with Gasteiger partial charge in [-0.05, 0) is 37.8 Å². The number of para-hydroxylation sites is 2. The first-order valence-electron chi connectivity index (χ1n) is 9.58. The smallest absolute Gasteiger partial charge is 0.337 e. The van der Waals surface area contributed by atoms with E-state index in [0.717, 1.165) is 38.5 Å². The lowest BCUT2D eigenvalue weighted by Crippen LogP contribution is -2.39. The molecular weight excluding hydrogens is 344 g/mol. The highest BCUT2D eigenvalue weighted by atomic mass is 16.5. The minimum atomic E-state index is -0.337. The van der Waals surface area contributed by atoms with Crippen LogP contribution in [0, 0.1) is 0 Å². The third-order valence-corrected chi connectivity index (χ3v) is 5.76. The molecule has 2 fully saturated rings. The Labute approximate surface area is 155 Å². The Morgan fingerprint density at radius 1 is 1.04 bits per heavy atom. The van der Waals surface area contributed by atoms with Gasteiger partial charge in [0.2, 0.25) is 0 Å². The average Bonchev–Trinajstić information content (AvgIpc) is 3.19. The number of benzene rings is 1. The van der Waals surface area contributed by atoms with Crippen molar-refractivity contribution in [1.82, 2.24) is 18.7 Å². The predicted octanol–water partition coefficient (Wildman–Crippen LogP) is 2.81. The molecule has 0 spiro atoms. The van der Waals surface area contributed by atoms with Crippen molar-refractivity contribution in [2.24, 2.45) is 0 Å². The summed E-state index contributed by atoms with van der Waals surface area (Å²) in [6.45, 7) is 0. The maximum absolute atomic E-state index is 13.3. The van der Waals surface area contributed by atoms with E-state index in [4.69, 9.17) is 4.74 Å². The van der Waals surface area contributed by atoms with Crippen molar-refractivity contribution in [1.29, 1.82) is 0 Å². The van der Waals surface area contributed by atoms with Gasteiger partial charge in [-0.1, -0.05) is 25.0 Å². The van der Waals surface area contributed by atoms with Crippen LogP contribution in [-0.4, -0.2) is 25.8 Å². The number of ether oxygens (including phenoxy) is 1. The number of imidazole rings is 1. The van der Waals surface area contributed by atoms with Crippen molar-refractivity contribution >= 4 is 11.2 Å². The molecule has 2 heterocycles. The molecule has 3 aromatic rings. The van der Waals surface area contributed by atoms with Gasteiger partial charge in [0.25, 0.3) is 5.56 Å². The molecule has 2 aromatic heterocycles. The fourth-order valence-corrected chi connectivity index (χ4v) is 4.27. The second kappa shape index (κ2) is 6.11. The van der Waals surface area contributed by atoms with E-state index in [2.05, 4.69) is 4.98 Å². The molecular formula is C20H22N4O3. The van der Waals surface area contributed by atoms with Gasteiger partial charge in [-0.2, -0.15) is 0 Å². The van der Waals surface area contributed by atoms with E-state index in [1.807, 2.05) is 28.8 Å². The van der Waals surface area contributed by atoms with Crippen molar-refractivity contribution in [3.63, 3.8) is 0 Å². The van der Waals surface area contributed by atoms with Crippen LogP contribution < -0.4 is 16.0 Å². The van der Waals surface area contributed by atoms with Crippen molar-refractivity contribution in [3.8, 4) is 11.4 Å². The summed E-state index contributed by atoms with van der Waals surface area (Å²) in [5.41, 5.74) is 1.00. The van der Waals surface area contributed by atoms with E-state index >= 15 is 0 Å². The molecule has 140 valence electrons. The molecule has 0 aliphatic heterocycles. The van der Waals surface area contributed by atoms with Crippen LogP contribution in [0.5, 0.6) is 5.75 Å². The summed E-state index contributed by atoms with van der Waals surface area (Å²) in [5, 5.41) is 0. The summed E-state index contributed by atoms with van der Waals surface area (Å²) in [6, 6.07) is 7.63. The molecule has 0 amide bonds. The van der Waals surface area contributed by atoms with E-state index in [0.29, 0.717) is 22.6 Å². The molecule has 0 unspecified atom stereocenters. The molecule has 0 atom stereocenters. The quantitative estimate of drug-likeness (QED) is 0.712. The van der Waals surface area contributed by atoms with Crippen LogP contribution >= 0.6 is 0 Å². The summed E-state index contributed by atoms with van der Waals surface area (Å²) < 4.78 is 10.4. The van der Waals surface area contributed by atoms with Crippen LogP contribution in [0.4, 0.5) is 0 Å². The summed E-state index contributed by atoms with van der Waals surface area (Å²) >= 11 is 0. The van der Waals surface area contributed by atoms with Gasteiger partial charge in [-0.25, -0.2) is 14.3 Å². The summed E-state index contributed by atoms with van der Waals surface area (Å²) in [5.74, 6) is 0.581. The van der Waals surface area contributed by atoms with E-state index < -0.39 is 0 Å². The van der Waals surface area contributed by atoms with Crippen LogP contribution in [0.25, 0.3) is 16.9 Å². The molecule has 2 aliphatic rings. The molecule has 0 bridgehead atoms. The summed E-state index contributed by atoms with van der Waals surface area (Å²) in [7, 11) is 1.58. The molecule has 2 saturated carbocycles. The lowest BCUT2D eigenvalue weighted by atomic mass is 10.2. The van der Waals surface area contributed by atoms with E-state index in [1.165, 1.54) is 4.57 Å². The van der Waals surface area contributed by atoms with Gasteiger partial charge < -0.3 is 9.30 Å². The fraction of sp³-hybridized carbons (Fsp3) is 0.450. The Morgan fingerprint density at radius 3 is 2.48 bits per heavy atom. The number of aromatic nitrogens is 4. The highest BCUT2D eigenvalue weighted by Gasteiger charge is 2.32. The number of methoxy groups -OCH3 is 1. The lowest BCUT2D eigenvalue weighted by Gasteiger charge is -2.16. The highest BCUT2D eigenvalue weighted by molar-refractivity contribution is 5.73. The van der Waals surface area contributed by atoms with Crippen LogP contribution in [0.15, 0.2) is 40.2 Å². The van der Waals surface area contributed by atoms with Crippen LogP contribution in [0.2, 0.25) is 0 Å². The Kier molecular flexibility index (Phi) is 3.70. The first-order chi connectivity index (χ1) is 13.2. The molecule has 0 N–H and O–H groups in total. The maximum Gasteiger partial charge on any atom is 0.337 e. The number of hydrogen-bond donors (Lipinski definition) is 0. The summed E-state index contributed by atoms with van der Waals surface area (Å²) in [4.78, 5) is 31.1. The monoisotopic (exact) mass is 366 g/mol. The normalized spacial score (nSPS) is 17.7. The SMILES string of the molecule is COc1ccccc1-n1c(=O)n(C2CC2)c(=O)c2c1ncn2C1CCCC1. The Balaban J connectivity index is 1.88. The molecule has 7 heteroatoms. The maximum atomic E-state index is 13.3. The first-order valence-corrected chi connectivity index (χ1v) is 9.58. The zero-order valence-electron chi connectivity index (χ0n) is 15.3. The predicted molar refractivity (Wildman–Crippen MR) is 102 cm³/mol. The number of fused-ring (bicyclic) bond motifs is 1. The fourth-order valence-electron chi connectivity index (χ4n) is 4.27. The van der Waals surface area contributed by atoms with Gasteiger partial charge in [0.1, 0.15) is 5.75 Å². The molecule has 27 heavy (non-hydrogen) atoms. The average molecular weight is 366 g/mol. The molecule has 7 nitrogen and oxygen atoms in total. The molecule has 2 aliphatic carbocycles. The zero-order valence-corrected chi connectivity index (χ0v) is 15.3. The summed E-state index contributed by atoms with van der Waals surface area (Å²) in [6.07, 6.45) is 7.86. The third-order valence-electron chi connectivity index (χ3n) is 5.76. The first kappa shape index (κ1) is 16.4. The zero-order chi connectivity index (χ0) is 18.5. The molecule has 5 rings (SSSR count). The number of rotatable bonds is 4. The second-order valence-electron chi connectivity index (χ2n) is 7.46. The largest absolute Gasteiger partial charge is 0.495 e. The van der Waals surface area contributed by atoms with Crippen molar-refractivity contribution in [3.05, 3.63) is 51.4 Å². The van der Waals surface area contributed by atoms with E-state index in [-0.39, 0.29) is 23.3 Å². The Morgan fingerprint density at radius 2 is 1.78 bits per heavy atom. The standard InChI is InChI=1S/C20H22N4O3/c1-27-16-9-5-4-8-15(16)24-18-17(19(25)23(20(24)26)14-10-11-14)22(12-21-18)13-6-2-3-7-13/h4-5,8-9,12-14H,2-3,6-7,10-11H2,1H3. The van der Waals surface area contributed by atoms with Crippen molar-refractivity contribution < 1.29 is 4.74 Å². The minimum absolute atomic E-state index is 0.0118. The lowest BCUT2D eigenvalue weighted by molar-refractivity contribution is 0.412. The molecule has 0 radical (unpaired) electrons. The van der Waals surface area contributed by atoms with Crippen LogP contribution in [-0.2, 0) is 0 Å². The molecule has 1 aromatic carbocycles.